The molecule has 24 heavy (non-hydrogen) atoms. The van der Waals surface area contributed by atoms with Crippen molar-refractivity contribution < 1.29 is 0 Å². The van der Waals surface area contributed by atoms with E-state index in [2.05, 4.69) is 87.6 Å². The molecule has 0 radical (unpaired) electrons. The van der Waals surface area contributed by atoms with Gasteiger partial charge in [-0.1, -0.05) is 60.7 Å². The molecule has 5 aromatic rings. The van der Waals surface area contributed by atoms with Gasteiger partial charge in [-0.05, 0) is 59.9 Å². The third-order valence-corrected chi connectivity index (χ3v) is 6.03. The number of hydrogen-bond donors (Lipinski definition) is 0. The van der Waals surface area contributed by atoms with Gasteiger partial charge in [0.05, 0.1) is 4.88 Å². The van der Waals surface area contributed by atoms with Crippen molar-refractivity contribution in [1.82, 2.24) is 4.98 Å². The van der Waals surface area contributed by atoms with Crippen molar-refractivity contribution >= 4 is 59.6 Å². The molecule has 0 aliphatic carbocycles. The maximum Gasteiger partial charge on any atom is 0.159 e. The van der Waals surface area contributed by atoms with Crippen LogP contribution in [0, 0.1) is 0 Å². The predicted molar refractivity (Wildman–Crippen MR) is 108 cm³/mol. The second kappa shape index (κ2) is 5.40. The quantitative estimate of drug-likeness (QED) is 0.280. The summed E-state index contributed by atoms with van der Waals surface area (Å²) in [6.07, 6.45) is 1.93. The molecule has 0 unspecified atom stereocenters. The second-order valence-corrected chi connectivity index (χ2v) is 8.14. The summed E-state index contributed by atoms with van der Waals surface area (Å²) >= 11 is 5.12. The standard InChI is InChI=1S/C21H12BrNS/c22-21-23-12-20(24-21)13-9-10-18-16-7-2-1-5-14(16)15-6-3-4-8-17(15)19(18)11-13/h1-12H. The SMILES string of the molecule is Brc1ncc(-c2ccc3c4ccccc4c4ccccc4c3c2)s1. The maximum absolute atomic E-state index is 4.32. The Labute approximate surface area is 151 Å². The van der Waals surface area contributed by atoms with Crippen LogP contribution in [0.5, 0.6) is 0 Å². The number of fused-ring (bicyclic) bond motifs is 6. The van der Waals surface area contributed by atoms with Gasteiger partial charge < -0.3 is 0 Å². The molecule has 1 aromatic heterocycles. The number of hydrogen-bond acceptors (Lipinski definition) is 2. The van der Waals surface area contributed by atoms with Gasteiger partial charge in [0, 0.05) is 6.20 Å². The summed E-state index contributed by atoms with van der Waals surface area (Å²) in [6.45, 7) is 0. The zero-order valence-electron chi connectivity index (χ0n) is 12.7. The fourth-order valence-corrected chi connectivity index (χ4v) is 4.71. The van der Waals surface area contributed by atoms with Gasteiger partial charge in [0.2, 0.25) is 0 Å². The van der Waals surface area contributed by atoms with E-state index < -0.39 is 0 Å². The lowest BCUT2D eigenvalue weighted by Crippen LogP contribution is -1.83. The fraction of sp³-hybridized carbons (Fsp3) is 0. The fourth-order valence-electron chi connectivity index (χ4n) is 3.45. The Morgan fingerprint density at radius 1 is 0.667 bits per heavy atom. The van der Waals surface area contributed by atoms with Crippen molar-refractivity contribution in [2.75, 3.05) is 0 Å². The van der Waals surface area contributed by atoms with Gasteiger partial charge in [-0.3, -0.25) is 0 Å². The summed E-state index contributed by atoms with van der Waals surface area (Å²) in [7, 11) is 0. The normalized spacial score (nSPS) is 11.5. The molecule has 3 heteroatoms. The van der Waals surface area contributed by atoms with E-state index >= 15 is 0 Å². The number of halogens is 1. The summed E-state index contributed by atoms with van der Waals surface area (Å²) in [4.78, 5) is 5.50. The van der Waals surface area contributed by atoms with Crippen molar-refractivity contribution in [3.63, 3.8) is 0 Å². The average molecular weight is 390 g/mol. The van der Waals surface area contributed by atoms with Crippen LogP contribution in [0.4, 0.5) is 0 Å². The molecule has 1 heterocycles. The van der Waals surface area contributed by atoms with Crippen molar-refractivity contribution in [3.05, 3.63) is 76.8 Å². The highest BCUT2D eigenvalue weighted by Gasteiger charge is 2.10. The van der Waals surface area contributed by atoms with Gasteiger partial charge in [0.15, 0.2) is 3.92 Å². The first-order chi connectivity index (χ1) is 11.8. The van der Waals surface area contributed by atoms with E-state index in [0.29, 0.717) is 0 Å². The Balaban J connectivity index is 1.96. The molecule has 0 amide bonds. The third kappa shape index (κ3) is 2.09. The first-order valence-corrected chi connectivity index (χ1v) is 9.37. The zero-order valence-corrected chi connectivity index (χ0v) is 15.1. The molecule has 5 rings (SSSR count). The zero-order chi connectivity index (χ0) is 16.1. The summed E-state index contributed by atoms with van der Waals surface area (Å²) in [5.74, 6) is 0. The highest BCUT2D eigenvalue weighted by molar-refractivity contribution is 9.11. The van der Waals surface area contributed by atoms with Crippen LogP contribution in [0.15, 0.2) is 76.8 Å². The number of aromatic nitrogens is 1. The summed E-state index contributed by atoms with van der Waals surface area (Å²) in [6, 6.07) is 24.1. The minimum absolute atomic E-state index is 0.918. The lowest BCUT2D eigenvalue weighted by atomic mass is 9.93. The Morgan fingerprint density at radius 3 is 1.75 bits per heavy atom. The van der Waals surface area contributed by atoms with Crippen molar-refractivity contribution in [3.8, 4) is 10.4 Å². The van der Waals surface area contributed by atoms with Crippen LogP contribution in [0.2, 0.25) is 0 Å². The Kier molecular flexibility index (Phi) is 3.18. The third-order valence-electron chi connectivity index (χ3n) is 4.51. The predicted octanol–water partition coefficient (Wildman–Crippen LogP) is 7.03. The highest BCUT2D eigenvalue weighted by Crippen LogP contribution is 2.38. The molecule has 0 fully saturated rings. The molecule has 0 saturated carbocycles. The molecular weight excluding hydrogens is 378 g/mol. The first kappa shape index (κ1) is 14.1. The van der Waals surface area contributed by atoms with Crippen LogP contribution >= 0.6 is 27.3 Å². The molecule has 0 aliphatic heterocycles. The molecule has 114 valence electrons. The molecule has 0 aliphatic rings. The van der Waals surface area contributed by atoms with E-state index in [1.807, 2.05) is 6.20 Å². The smallest absolute Gasteiger partial charge is 0.159 e. The number of rotatable bonds is 1. The lowest BCUT2D eigenvalue weighted by molar-refractivity contribution is 1.38. The van der Waals surface area contributed by atoms with E-state index in [0.717, 1.165) is 3.92 Å². The van der Waals surface area contributed by atoms with Crippen molar-refractivity contribution in [2.45, 2.75) is 0 Å². The van der Waals surface area contributed by atoms with Crippen LogP contribution in [0.3, 0.4) is 0 Å². The molecule has 0 spiro atoms. The Bertz CT molecular complexity index is 1190. The molecule has 0 saturated heterocycles. The molecule has 0 N–H and O–H groups in total. The lowest BCUT2D eigenvalue weighted by Gasteiger charge is -2.11. The highest BCUT2D eigenvalue weighted by atomic mass is 79.9. The number of benzene rings is 4. The molecule has 0 atom stereocenters. The van der Waals surface area contributed by atoms with E-state index in [4.69, 9.17) is 0 Å². The number of thiazole rings is 1. The van der Waals surface area contributed by atoms with Gasteiger partial charge in [0.1, 0.15) is 0 Å². The van der Waals surface area contributed by atoms with Crippen molar-refractivity contribution in [2.24, 2.45) is 0 Å². The van der Waals surface area contributed by atoms with E-state index in [9.17, 15) is 0 Å². The van der Waals surface area contributed by atoms with Crippen molar-refractivity contribution in [1.29, 1.82) is 0 Å². The minimum atomic E-state index is 0.918. The van der Waals surface area contributed by atoms with Crippen LogP contribution < -0.4 is 0 Å². The second-order valence-electron chi connectivity index (χ2n) is 5.83. The Hall–Kier alpha value is -2.23. The van der Waals surface area contributed by atoms with Gasteiger partial charge in [-0.25, -0.2) is 4.98 Å². The van der Waals surface area contributed by atoms with E-state index in [1.165, 1.54) is 42.8 Å². The molecule has 1 nitrogen and oxygen atoms in total. The monoisotopic (exact) mass is 389 g/mol. The van der Waals surface area contributed by atoms with E-state index in [1.54, 1.807) is 11.3 Å². The topological polar surface area (TPSA) is 12.9 Å². The summed E-state index contributed by atoms with van der Waals surface area (Å²) < 4.78 is 0.918. The van der Waals surface area contributed by atoms with E-state index in [-0.39, 0.29) is 0 Å². The summed E-state index contributed by atoms with van der Waals surface area (Å²) in [5.41, 5.74) is 1.21. The molecule has 0 bridgehead atoms. The first-order valence-electron chi connectivity index (χ1n) is 7.76. The van der Waals surface area contributed by atoms with Crippen LogP contribution in [-0.4, -0.2) is 4.98 Å². The van der Waals surface area contributed by atoms with Gasteiger partial charge in [0.25, 0.3) is 0 Å². The van der Waals surface area contributed by atoms with Gasteiger partial charge >= 0.3 is 0 Å². The van der Waals surface area contributed by atoms with Crippen LogP contribution in [0.25, 0.3) is 42.8 Å². The van der Waals surface area contributed by atoms with Crippen LogP contribution in [-0.2, 0) is 0 Å². The average Bonchev–Trinajstić information content (AvgIpc) is 3.08. The maximum atomic E-state index is 4.32. The van der Waals surface area contributed by atoms with Gasteiger partial charge in [-0.2, -0.15) is 0 Å². The summed E-state index contributed by atoms with van der Waals surface area (Å²) in [5, 5.41) is 7.83. The Morgan fingerprint density at radius 2 is 1.21 bits per heavy atom. The molecule has 4 aromatic carbocycles. The van der Waals surface area contributed by atoms with Crippen LogP contribution in [0.1, 0.15) is 0 Å². The minimum Gasteiger partial charge on any atom is -0.237 e. The molecular formula is C21H12BrNS. The largest absolute Gasteiger partial charge is 0.237 e. The van der Waals surface area contributed by atoms with Gasteiger partial charge in [-0.15, -0.1) is 11.3 Å². The number of nitrogens with zero attached hydrogens (tertiary/aromatic N) is 1.